The summed E-state index contributed by atoms with van der Waals surface area (Å²) in [5.41, 5.74) is 2.92. The number of hydrogen-bond donors (Lipinski definition) is 1. The molecule has 4 rings (SSSR count). The van der Waals surface area contributed by atoms with Gasteiger partial charge in [0.15, 0.2) is 0 Å². The zero-order chi connectivity index (χ0) is 18.1. The Bertz CT molecular complexity index is 951. The number of rotatable bonds is 3. The fourth-order valence-electron chi connectivity index (χ4n) is 3.26. The van der Waals surface area contributed by atoms with Crippen LogP contribution in [0.25, 0.3) is 0 Å². The lowest BCUT2D eigenvalue weighted by atomic mass is 10.2. The third kappa shape index (κ3) is 2.93. The monoisotopic (exact) mass is 349 g/mol. The summed E-state index contributed by atoms with van der Waals surface area (Å²) in [7, 11) is 1.80. The van der Waals surface area contributed by atoms with Crippen molar-refractivity contribution in [3.05, 3.63) is 59.3 Å². The van der Waals surface area contributed by atoms with E-state index in [4.69, 9.17) is 5.26 Å². The molecule has 26 heavy (non-hydrogen) atoms. The quantitative estimate of drug-likeness (QED) is 0.767. The summed E-state index contributed by atoms with van der Waals surface area (Å²) in [5, 5.41) is 28.3. The molecule has 1 N–H and O–H groups in total. The molecule has 8 nitrogen and oxygen atoms in total. The minimum absolute atomic E-state index is 0.551. The normalized spacial score (nSPS) is 15.2. The highest BCUT2D eigenvalue weighted by Gasteiger charge is 2.22. The first-order valence-electron chi connectivity index (χ1n) is 8.49. The molecule has 4 heterocycles. The molecule has 0 radical (unpaired) electrons. The Morgan fingerprint density at radius 1 is 1.27 bits per heavy atom. The number of hydrogen-bond acceptors (Lipinski definition) is 6. The lowest BCUT2D eigenvalue weighted by Crippen LogP contribution is -2.23. The van der Waals surface area contributed by atoms with E-state index in [9.17, 15) is 5.11 Å². The van der Waals surface area contributed by atoms with Crippen LogP contribution < -0.4 is 4.90 Å². The van der Waals surface area contributed by atoms with Crippen LogP contribution in [-0.2, 0) is 20.1 Å². The van der Waals surface area contributed by atoms with E-state index in [2.05, 4.69) is 26.2 Å². The number of aliphatic hydroxyl groups excluding tert-OH is 1. The number of aliphatic hydroxyl groups is 1. The Morgan fingerprint density at radius 2 is 2.15 bits per heavy atom. The van der Waals surface area contributed by atoms with E-state index in [1.54, 1.807) is 36.3 Å². The molecule has 1 aliphatic heterocycles. The maximum Gasteiger partial charge on any atom is 0.139 e. The summed E-state index contributed by atoms with van der Waals surface area (Å²) in [6.45, 7) is 2.31. The van der Waals surface area contributed by atoms with Gasteiger partial charge in [-0.25, -0.2) is 4.98 Å². The highest BCUT2D eigenvalue weighted by molar-refractivity contribution is 5.42. The lowest BCUT2D eigenvalue weighted by molar-refractivity contribution is 0.203. The van der Waals surface area contributed by atoms with Gasteiger partial charge in [0.05, 0.1) is 29.2 Å². The Kier molecular flexibility index (Phi) is 4.14. The first-order valence-corrected chi connectivity index (χ1v) is 8.49. The van der Waals surface area contributed by atoms with E-state index in [0.717, 1.165) is 31.0 Å². The largest absolute Gasteiger partial charge is 0.380 e. The minimum atomic E-state index is -0.802. The van der Waals surface area contributed by atoms with Crippen LogP contribution in [-0.4, -0.2) is 36.2 Å². The molecule has 0 unspecified atom stereocenters. The second-order valence-corrected chi connectivity index (χ2v) is 6.36. The molecule has 132 valence electrons. The van der Waals surface area contributed by atoms with Crippen molar-refractivity contribution in [2.24, 2.45) is 7.05 Å². The average molecular weight is 349 g/mol. The summed E-state index contributed by atoms with van der Waals surface area (Å²) < 4.78 is 3.61. The van der Waals surface area contributed by atoms with Gasteiger partial charge < -0.3 is 10.0 Å². The van der Waals surface area contributed by atoms with Crippen LogP contribution >= 0.6 is 0 Å². The molecule has 1 atom stereocenters. The third-order valence-electron chi connectivity index (χ3n) is 4.65. The number of aryl methyl sites for hydroxylation is 2. The van der Waals surface area contributed by atoms with E-state index in [1.807, 2.05) is 16.8 Å². The Hall–Kier alpha value is -3.18. The van der Waals surface area contributed by atoms with Gasteiger partial charge in [0, 0.05) is 32.5 Å². The zero-order valence-electron chi connectivity index (χ0n) is 14.4. The number of aromatic nitrogens is 5. The topological polar surface area (TPSA) is 95.8 Å². The van der Waals surface area contributed by atoms with Crippen molar-refractivity contribution in [2.75, 3.05) is 11.4 Å². The van der Waals surface area contributed by atoms with Crippen molar-refractivity contribution >= 4 is 5.82 Å². The molecule has 0 aromatic carbocycles. The second-order valence-electron chi connectivity index (χ2n) is 6.36. The van der Waals surface area contributed by atoms with Crippen LogP contribution in [0, 0.1) is 11.3 Å². The van der Waals surface area contributed by atoms with Gasteiger partial charge in [-0.3, -0.25) is 9.36 Å². The molecule has 0 saturated carbocycles. The van der Waals surface area contributed by atoms with Crippen LogP contribution in [0.1, 0.15) is 35.2 Å². The van der Waals surface area contributed by atoms with E-state index in [-0.39, 0.29) is 0 Å². The van der Waals surface area contributed by atoms with E-state index < -0.39 is 6.10 Å². The standard InChI is InChI=1S/C18H19N7O/c1-23-16(5-6-21-23)18(26)15-9-14-12-24(7-2-8-25(14)22-15)17-4-3-13(10-19)11-20-17/h3-6,9,11,18,26H,2,7-8,12H2,1H3/t18-/m0/s1. The second kappa shape index (κ2) is 6.61. The van der Waals surface area contributed by atoms with Crippen LogP contribution in [0.5, 0.6) is 0 Å². The van der Waals surface area contributed by atoms with Gasteiger partial charge in [-0.2, -0.15) is 15.5 Å². The van der Waals surface area contributed by atoms with Crippen molar-refractivity contribution in [3.63, 3.8) is 0 Å². The van der Waals surface area contributed by atoms with Crippen molar-refractivity contribution < 1.29 is 5.11 Å². The van der Waals surface area contributed by atoms with E-state index in [0.29, 0.717) is 23.5 Å². The predicted molar refractivity (Wildman–Crippen MR) is 94.1 cm³/mol. The molecular formula is C18H19N7O. The number of pyridine rings is 1. The summed E-state index contributed by atoms with van der Waals surface area (Å²) >= 11 is 0. The highest BCUT2D eigenvalue weighted by Crippen LogP contribution is 2.24. The highest BCUT2D eigenvalue weighted by atomic mass is 16.3. The molecule has 0 amide bonds. The molecule has 8 heteroatoms. The van der Waals surface area contributed by atoms with Crippen LogP contribution in [0.2, 0.25) is 0 Å². The number of fused-ring (bicyclic) bond motifs is 1. The van der Waals surface area contributed by atoms with Gasteiger partial charge >= 0.3 is 0 Å². The van der Waals surface area contributed by atoms with Crippen molar-refractivity contribution in [2.45, 2.75) is 25.6 Å². The minimum Gasteiger partial charge on any atom is -0.380 e. The van der Waals surface area contributed by atoms with Gasteiger partial charge in [-0.1, -0.05) is 0 Å². The molecule has 3 aromatic rings. The van der Waals surface area contributed by atoms with Crippen LogP contribution in [0.4, 0.5) is 5.82 Å². The SMILES string of the molecule is Cn1nccc1[C@@H](O)c1cc2n(n1)CCCN(c1ccc(C#N)cn1)C2. The lowest BCUT2D eigenvalue weighted by Gasteiger charge is -2.20. The molecule has 1 aliphatic rings. The number of nitrogens with zero attached hydrogens (tertiary/aromatic N) is 7. The Morgan fingerprint density at radius 3 is 2.85 bits per heavy atom. The zero-order valence-corrected chi connectivity index (χ0v) is 14.4. The summed E-state index contributed by atoms with van der Waals surface area (Å²) in [4.78, 5) is 6.56. The molecule has 0 bridgehead atoms. The Balaban J connectivity index is 1.59. The van der Waals surface area contributed by atoms with Crippen molar-refractivity contribution in [1.29, 1.82) is 5.26 Å². The van der Waals surface area contributed by atoms with Gasteiger partial charge in [0.25, 0.3) is 0 Å². The average Bonchev–Trinajstić information content (AvgIpc) is 3.22. The first kappa shape index (κ1) is 16.3. The fourth-order valence-corrected chi connectivity index (χ4v) is 3.26. The van der Waals surface area contributed by atoms with Gasteiger partial charge in [0.1, 0.15) is 18.0 Å². The predicted octanol–water partition coefficient (Wildman–Crippen LogP) is 1.38. The van der Waals surface area contributed by atoms with Crippen molar-refractivity contribution in [1.82, 2.24) is 24.5 Å². The van der Waals surface area contributed by atoms with Gasteiger partial charge in [-0.15, -0.1) is 0 Å². The summed E-state index contributed by atoms with van der Waals surface area (Å²) in [6, 6.07) is 9.48. The van der Waals surface area contributed by atoms with Crippen molar-refractivity contribution in [3.8, 4) is 6.07 Å². The first-order chi connectivity index (χ1) is 12.7. The van der Waals surface area contributed by atoms with E-state index in [1.165, 1.54) is 0 Å². The number of nitriles is 1. The van der Waals surface area contributed by atoms with Crippen LogP contribution in [0.15, 0.2) is 36.7 Å². The number of anilines is 1. The molecule has 0 aliphatic carbocycles. The van der Waals surface area contributed by atoms with Crippen LogP contribution in [0.3, 0.4) is 0 Å². The molecule has 0 spiro atoms. The molecule has 3 aromatic heterocycles. The molecule has 0 fully saturated rings. The van der Waals surface area contributed by atoms with E-state index >= 15 is 0 Å². The summed E-state index contributed by atoms with van der Waals surface area (Å²) in [5.74, 6) is 0.840. The van der Waals surface area contributed by atoms with Gasteiger partial charge in [-0.05, 0) is 30.7 Å². The summed E-state index contributed by atoms with van der Waals surface area (Å²) in [6.07, 6.45) is 3.38. The smallest absolute Gasteiger partial charge is 0.139 e. The molecule has 0 saturated heterocycles. The van der Waals surface area contributed by atoms with Gasteiger partial charge in [0.2, 0.25) is 0 Å². The maximum atomic E-state index is 10.6. The third-order valence-corrected chi connectivity index (χ3v) is 4.65. The maximum absolute atomic E-state index is 10.6. The fraction of sp³-hybridized carbons (Fsp3) is 0.333. The molecular weight excluding hydrogens is 330 g/mol. The Labute approximate surface area is 150 Å².